The van der Waals surface area contributed by atoms with Crippen LogP contribution in [0.3, 0.4) is 0 Å². The molecule has 0 saturated carbocycles. The second kappa shape index (κ2) is 8.63. The third kappa shape index (κ3) is 4.19. The van der Waals surface area contributed by atoms with E-state index in [1.807, 2.05) is 62.4 Å². The van der Waals surface area contributed by atoms with Crippen LogP contribution in [0.15, 0.2) is 60.9 Å². The number of thiazole rings is 1. The van der Waals surface area contributed by atoms with Crippen LogP contribution >= 0.6 is 11.3 Å². The maximum atomic E-state index is 13.4. The molecule has 0 N–H and O–H groups in total. The lowest BCUT2D eigenvalue weighted by Gasteiger charge is -2.20. The van der Waals surface area contributed by atoms with Crippen molar-refractivity contribution in [1.82, 2.24) is 9.97 Å². The molecule has 4 aromatic rings. The number of ether oxygens (including phenoxy) is 1. The minimum Gasteiger partial charge on any atom is -0.494 e. The number of carbonyl (C=O) groups excluding carboxylic acids is 1. The van der Waals surface area contributed by atoms with Crippen molar-refractivity contribution in [3.63, 3.8) is 0 Å². The quantitative estimate of drug-likeness (QED) is 0.438. The van der Waals surface area contributed by atoms with E-state index in [9.17, 15) is 4.79 Å². The van der Waals surface area contributed by atoms with Crippen LogP contribution in [-0.2, 0) is 17.8 Å². The Morgan fingerprint density at radius 1 is 1.10 bits per heavy atom. The highest BCUT2D eigenvalue weighted by Crippen LogP contribution is 2.37. The number of pyridine rings is 1. The van der Waals surface area contributed by atoms with Gasteiger partial charge < -0.3 is 4.74 Å². The number of benzene rings is 2. The molecule has 2 heterocycles. The topological polar surface area (TPSA) is 55.3 Å². The Labute approximate surface area is 180 Å². The summed E-state index contributed by atoms with van der Waals surface area (Å²) in [5.74, 6) is 0.714. The van der Waals surface area contributed by atoms with E-state index in [1.165, 1.54) is 11.3 Å². The van der Waals surface area contributed by atoms with Gasteiger partial charge in [0, 0.05) is 12.4 Å². The largest absolute Gasteiger partial charge is 0.494 e. The molecule has 0 radical (unpaired) electrons. The van der Waals surface area contributed by atoms with Gasteiger partial charge >= 0.3 is 0 Å². The standard InChI is InChI=1S/C24H23N3O2S/c1-16-6-4-7-18(12-16)13-21(28)27(15-19-8-5-11-25-14-19)24-26-22-20(29-3)10-9-17(2)23(22)30-24/h4-12,14H,13,15H2,1-3H3. The van der Waals surface area contributed by atoms with Gasteiger partial charge in [-0.25, -0.2) is 4.98 Å². The number of anilines is 1. The minimum atomic E-state index is 0.000120. The smallest absolute Gasteiger partial charge is 0.233 e. The summed E-state index contributed by atoms with van der Waals surface area (Å²) in [5, 5.41) is 0.666. The molecule has 2 aromatic carbocycles. The predicted molar refractivity (Wildman–Crippen MR) is 121 cm³/mol. The minimum absolute atomic E-state index is 0.000120. The number of hydrogen-bond donors (Lipinski definition) is 0. The molecule has 0 spiro atoms. The molecule has 0 aliphatic carbocycles. The molecular formula is C24H23N3O2S. The first-order valence-electron chi connectivity index (χ1n) is 9.74. The van der Waals surface area contributed by atoms with Gasteiger partial charge in [0.25, 0.3) is 0 Å². The zero-order valence-corrected chi connectivity index (χ0v) is 18.1. The number of aromatic nitrogens is 2. The van der Waals surface area contributed by atoms with E-state index >= 15 is 0 Å². The van der Waals surface area contributed by atoms with Gasteiger partial charge in [-0.05, 0) is 42.7 Å². The Morgan fingerprint density at radius 3 is 2.67 bits per heavy atom. The summed E-state index contributed by atoms with van der Waals surface area (Å²) < 4.78 is 6.53. The average Bonchev–Trinajstić information content (AvgIpc) is 3.19. The van der Waals surface area contributed by atoms with E-state index in [4.69, 9.17) is 9.72 Å². The number of carbonyl (C=O) groups is 1. The molecule has 0 unspecified atom stereocenters. The molecule has 5 nitrogen and oxygen atoms in total. The van der Waals surface area contributed by atoms with Gasteiger partial charge in [-0.1, -0.05) is 53.3 Å². The van der Waals surface area contributed by atoms with Crippen LogP contribution in [0.2, 0.25) is 0 Å². The van der Waals surface area contributed by atoms with Crippen LogP contribution in [0.1, 0.15) is 22.3 Å². The van der Waals surface area contributed by atoms with Crippen LogP contribution in [-0.4, -0.2) is 23.0 Å². The van der Waals surface area contributed by atoms with Crippen LogP contribution in [0.25, 0.3) is 10.2 Å². The van der Waals surface area contributed by atoms with Crippen LogP contribution in [0, 0.1) is 13.8 Å². The first-order valence-corrected chi connectivity index (χ1v) is 10.6. The maximum absolute atomic E-state index is 13.4. The maximum Gasteiger partial charge on any atom is 0.233 e. The first-order chi connectivity index (χ1) is 14.5. The monoisotopic (exact) mass is 417 g/mol. The molecule has 2 aromatic heterocycles. The predicted octanol–water partition coefficient (Wildman–Crippen LogP) is 5.09. The summed E-state index contributed by atoms with van der Waals surface area (Å²) >= 11 is 1.52. The third-order valence-electron chi connectivity index (χ3n) is 4.95. The summed E-state index contributed by atoms with van der Waals surface area (Å²) in [5.41, 5.74) is 4.99. The highest BCUT2D eigenvalue weighted by molar-refractivity contribution is 7.22. The fraction of sp³-hybridized carbons (Fsp3) is 0.208. The van der Waals surface area contributed by atoms with Crippen molar-refractivity contribution in [2.24, 2.45) is 0 Å². The summed E-state index contributed by atoms with van der Waals surface area (Å²) in [7, 11) is 1.64. The highest BCUT2D eigenvalue weighted by Gasteiger charge is 2.22. The van der Waals surface area contributed by atoms with E-state index in [2.05, 4.69) is 4.98 Å². The zero-order chi connectivity index (χ0) is 21.1. The molecular weight excluding hydrogens is 394 g/mol. The summed E-state index contributed by atoms with van der Waals surface area (Å²) in [6.45, 7) is 4.49. The lowest BCUT2D eigenvalue weighted by Crippen LogP contribution is -2.31. The molecule has 0 aliphatic rings. The van der Waals surface area contributed by atoms with Crippen molar-refractivity contribution in [2.75, 3.05) is 12.0 Å². The Hall–Kier alpha value is -3.25. The number of fused-ring (bicyclic) bond motifs is 1. The molecule has 0 bridgehead atoms. The van der Waals surface area contributed by atoms with Crippen molar-refractivity contribution in [2.45, 2.75) is 26.8 Å². The Kier molecular flexibility index (Phi) is 5.77. The molecule has 1 amide bonds. The summed E-state index contributed by atoms with van der Waals surface area (Å²) in [4.78, 5) is 24.1. The number of rotatable bonds is 6. The van der Waals surface area contributed by atoms with Crippen LogP contribution in [0.4, 0.5) is 5.13 Å². The van der Waals surface area contributed by atoms with Gasteiger partial charge in [-0.2, -0.15) is 0 Å². The van der Waals surface area contributed by atoms with Crippen molar-refractivity contribution in [1.29, 1.82) is 0 Å². The average molecular weight is 418 g/mol. The van der Waals surface area contributed by atoms with Crippen LogP contribution < -0.4 is 9.64 Å². The molecule has 0 saturated heterocycles. The van der Waals surface area contributed by atoms with E-state index < -0.39 is 0 Å². The van der Waals surface area contributed by atoms with Gasteiger partial charge in [0.1, 0.15) is 11.3 Å². The van der Waals surface area contributed by atoms with Gasteiger partial charge in [-0.15, -0.1) is 0 Å². The summed E-state index contributed by atoms with van der Waals surface area (Å²) in [6, 6.07) is 15.8. The van der Waals surface area contributed by atoms with E-state index in [0.29, 0.717) is 23.8 Å². The van der Waals surface area contributed by atoms with Crippen molar-refractivity contribution in [3.05, 3.63) is 83.2 Å². The van der Waals surface area contributed by atoms with Gasteiger partial charge in [0.2, 0.25) is 5.91 Å². The first kappa shape index (κ1) is 20.0. The van der Waals surface area contributed by atoms with Gasteiger partial charge in [-0.3, -0.25) is 14.7 Å². The van der Waals surface area contributed by atoms with Crippen LogP contribution in [0.5, 0.6) is 5.75 Å². The van der Waals surface area contributed by atoms with E-state index in [-0.39, 0.29) is 5.91 Å². The fourth-order valence-electron chi connectivity index (χ4n) is 3.41. The second-order valence-electron chi connectivity index (χ2n) is 7.27. The van der Waals surface area contributed by atoms with Crippen molar-refractivity contribution in [3.8, 4) is 5.75 Å². The lowest BCUT2D eigenvalue weighted by molar-refractivity contribution is -0.118. The van der Waals surface area contributed by atoms with E-state index in [1.54, 1.807) is 24.4 Å². The lowest BCUT2D eigenvalue weighted by atomic mass is 10.1. The van der Waals surface area contributed by atoms with Crippen molar-refractivity contribution >= 4 is 32.6 Å². The molecule has 30 heavy (non-hydrogen) atoms. The molecule has 0 aliphatic heterocycles. The second-order valence-corrected chi connectivity index (χ2v) is 8.24. The number of aryl methyl sites for hydroxylation is 2. The highest BCUT2D eigenvalue weighted by atomic mass is 32.1. The normalized spacial score (nSPS) is 10.9. The Balaban J connectivity index is 1.74. The fourth-order valence-corrected chi connectivity index (χ4v) is 4.48. The van der Waals surface area contributed by atoms with Gasteiger partial charge in [0.05, 0.1) is 24.8 Å². The number of hydrogen-bond acceptors (Lipinski definition) is 5. The number of amides is 1. The molecule has 6 heteroatoms. The number of methoxy groups -OCH3 is 1. The van der Waals surface area contributed by atoms with Gasteiger partial charge in [0.15, 0.2) is 5.13 Å². The van der Waals surface area contributed by atoms with Crippen molar-refractivity contribution < 1.29 is 9.53 Å². The van der Waals surface area contributed by atoms with E-state index in [0.717, 1.165) is 32.5 Å². The Bertz CT molecular complexity index is 1190. The summed E-state index contributed by atoms with van der Waals surface area (Å²) in [6.07, 6.45) is 3.83. The molecule has 4 rings (SSSR count). The number of nitrogens with zero attached hydrogens (tertiary/aromatic N) is 3. The molecule has 0 fully saturated rings. The molecule has 152 valence electrons. The Morgan fingerprint density at radius 2 is 1.93 bits per heavy atom. The zero-order valence-electron chi connectivity index (χ0n) is 17.3. The molecule has 0 atom stereocenters. The SMILES string of the molecule is COc1ccc(C)c2sc(N(Cc3cccnc3)C(=O)Cc3cccc(C)c3)nc12. The third-order valence-corrected chi connectivity index (χ3v) is 6.16.